The predicted molar refractivity (Wildman–Crippen MR) is 58.6 cm³/mol. The van der Waals surface area contributed by atoms with Crippen LogP contribution in [0, 0.1) is 0 Å². The molecule has 15 heavy (non-hydrogen) atoms. The summed E-state index contributed by atoms with van der Waals surface area (Å²) in [6.07, 6.45) is 7.49. The molecule has 1 heterocycles. The highest BCUT2D eigenvalue weighted by atomic mass is 16.5. The summed E-state index contributed by atoms with van der Waals surface area (Å²) in [4.78, 5) is 0. The summed E-state index contributed by atoms with van der Waals surface area (Å²) in [7, 11) is 5.73. The van der Waals surface area contributed by atoms with Gasteiger partial charge in [-0.1, -0.05) is 0 Å². The number of ether oxygens (including phenoxy) is 1. The normalized spacial score (nSPS) is 21.0. The molecule has 0 saturated heterocycles. The highest BCUT2D eigenvalue weighted by Gasteiger charge is 2.44. The number of likely N-dealkylation sites (N-methyl/N-ethyl adjacent to an activating group) is 1. The minimum absolute atomic E-state index is 0.0161. The largest absolute Gasteiger partial charge is 0.376 e. The third-order valence-electron chi connectivity index (χ3n) is 3.48. The predicted octanol–water partition coefficient (Wildman–Crippen LogP) is 1.25. The number of methoxy groups -OCH3 is 1. The standard InChI is InChI=1S/C11H19N3O/c1-12-10(9-7-13-14(2)8-9)11(15-3)5-4-6-11/h7-8,10,12H,4-6H2,1-3H3. The van der Waals surface area contributed by atoms with Gasteiger partial charge in [0.1, 0.15) is 0 Å². The van der Waals surface area contributed by atoms with E-state index in [2.05, 4.69) is 16.6 Å². The molecule has 1 aromatic rings. The number of hydrogen-bond donors (Lipinski definition) is 1. The van der Waals surface area contributed by atoms with E-state index >= 15 is 0 Å². The van der Waals surface area contributed by atoms with Gasteiger partial charge in [0.25, 0.3) is 0 Å². The minimum Gasteiger partial charge on any atom is -0.376 e. The van der Waals surface area contributed by atoms with Crippen LogP contribution in [-0.4, -0.2) is 29.5 Å². The lowest BCUT2D eigenvalue weighted by Gasteiger charge is -2.46. The van der Waals surface area contributed by atoms with E-state index in [1.54, 1.807) is 7.11 Å². The molecular weight excluding hydrogens is 190 g/mol. The Morgan fingerprint density at radius 2 is 2.33 bits per heavy atom. The first kappa shape index (κ1) is 10.6. The Bertz CT molecular complexity index is 325. The Hall–Kier alpha value is -0.870. The molecule has 0 aliphatic heterocycles. The van der Waals surface area contributed by atoms with Gasteiger partial charge in [0, 0.05) is 25.9 Å². The van der Waals surface area contributed by atoms with Crippen molar-refractivity contribution in [3.8, 4) is 0 Å². The van der Waals surface area contributed by atoms with Crippen molar-refractivity contribution in [2.45, 2.75) is 30.9 Å². The molecule has 0 bridgehead atoms. The smallest absolute Gasteiger partial charge is 0.0873 e. The lowest BCUT2D eigenvalue weighted by Crippen LogP contribution is -2.49. The molecule has 4 nitrogen and oxygen atoms in total. The Morgan fingerprint density at radius 1 is 1.60 bits per heavy atom. The summed E-state index contributed by atoms with van der Waals surface area (Å²) in [6, 6.07) is 0.255. The first-order valence-electron chi connectivity index (χ1n) is 5.43. The zero-order chi connectivity index (χ0) is 10.9. The van der Waals surface area contributed by atoms with Crippen LogP contribution in [0.3, 0.4) is 0 Å². The molecule has 0 radical (unpaired) electrons. The quantitative estimate of drug-likeness (QED) is 0.811. The van der Waals surface area contributed by atoms with Gasteiger partial charge in [-0.25, -0.2) is 0 Å². The summed E-state index contributed by atoms with van der Waals surface area (Å²) in [5.74, 6) is 0. The van der Waals surface area contributed by atoms with Crippen molar-refractivity contribution in [2.24, 2.45) is 7.05 Å². The van der Waals surface area contributed by atoms with Gasteiger partial charge in [0.2, 0.25) is 0 Å². The fourth-order valence-electron chi connectivity index (χ4n) is 2.46. The lowest BCUT2D eigenvalue weighted by atomic mass is 9.73. The Balaban J connectivity index is 2.23. The minimum atomic E-state index is -0.0161. The molecule has 0 spiro atoms. The number of aromatic nitrogens is 2. The second-order valence-electron chi connectivity index (χ2n) is 4.29. The first-order valence-corrected chi connectivity index (χ1v) is 5.43. The van der Waals surface area contributed by atoms with Crippen LogP contribution in [0.4, 0.5) is 0 Å². The molecule has 84 valence electrons. The summed E-state index contributed by atoms with van der Waals surface area (Å²) < 4.78 is 7.53. The summed E-state index contributed by atoms with van der Waals surface area (Å²) in [5, 5.41) is 7.56. The van der Waals surface area contributed by atoms with E-state index in [1.165, 1.54) is 12.0 Å². The second kappa shape index (κ2) is 3.94. The summed E-state index contributed by atoms with van der Waals surface area (Å²) >= 11 is 0. The molecule has 4 heteroatoms. The SMILES string of the molecule is CNC(c1cnn(C)c1)C1(OC)CCC1. The average Bonchev–Trinajstić information content (AvgIpc) is 2.58. The van der Waals surface area contributed by atoms with Crippen LogP contribution in [0.2, 0.25) is 0 Å². The van der Waals surface area contributed by atoms with Crippen molar-refractivity contribution in [1.82, 2.24) is 15.1 Å². The zero-order valence-corrected chi connectivity index (χ0v) is 9.66. The van der Waals surface area contributed by atoms with Crippen molar-refractivity contribution in [1.29, 1.82) is 0 Å². The van der Waals surface area contributed by atoms with Crippen LogP contribution >= 0.6 is 0 Å². The van der Waals surface area contributed by atoms with E-state index in [0.717, 1.165) is 12.8 Å². The first-order chi connectivity index (χ1) is 7.22. The molecule has 1 saturated carbocycles. The highest BCUT2D eigenvalue weighted by Crippen LogP contribution is 2.44. The van der Waals surface area contributed by atoms with E-state index in [9.17, 15) is 0 Å². The summed E-state index contributed by atoms with van der Waals surface area (Å²) in [6.45, 7) is 0. The number of aryl methyl sites for hydroxylation is 1. The third kappa shape index (κ3) is 1.68. The second-order valence-corrected chi connectivity index (χ2v) is 4.29. The third-order valence-corrected chi connectivity index (χ3v) is 3.48. The fraction of sp³-hybridized carbons (Fsp3) is 0.727. The maximum absolute atomic E-state index is 5.69. The van der Waals surface area contributed by atoms with Gasteiger partial charge in [-0.15, -0.1) is 0 Å². The molecule has 1 aliphatic carbocycles. The number of rotatable bonds is 4. The van der Waals surface area contributed by atoms with Gasteiger partial charge in [-0.3, -0.25) is 4.68 Å². The molecule has 1 N–H and O–H groups in total. The van der Waals surface area contributed by atoms with Crippen molar-refractivity contribution in [2.75, 3.05) is 14.2 Å². The van der Waals surface area contributed by atoms with Gasteiger partial charge in [-0.2, -0.15) is 5.10 Å². The van der Waals surface area contributed by atoms with Crippen LogP contribution < -0.4 is 5.32 Å². The van der Waals surface area contributed by atoms with E-state index < -0.39 is 0 Å². The average molecular weight is 209 g/mol. The van der Waals surface area contributed by atoms with Crippen LogP contribution in [0.25, 0.3) is 0 Å². The van der Waals surface area contributed by atoms with E-state index in [4.69, 9.17) is 4.74 Å². The van der Waals surface area contributed by atoms with E-state index in [1.807, 2.05) is 25.0 Å². The molecule has 0 amide bonds. The van der Waals surface area contributed by atoms with E-state index in [0.29, 0.717) is 0 Å². The summed E-state index contributed by atoms with van der Waals surface area (Å²) in [5.41, 5.74) is 1.19. The molecule has 1 aliphatic rings. The molecule has 1 atom stereocenters. The highest BCUT2D eigenvalue weighted by molar-refractivity contribution is 5.18. The van der Waals surface area contributed by atoms with Crippen LogP contribution in [0.15, 0.2) is 12.4 Å². The number of nitrogens with one attached hydrogen (secondary N) is 1. The Labute approximate surface area is 90.6 Å². The molecule has 0 aromatic carbocycles. The molecule has 1 fully saturated rings. The number of nitrogens with zero attached hydrogens (tertiary/aromatic N) is 2. The van der Waals surface area contributed by atoms with Crippen molar-refractivity contribution >= 4 is 0 Å². The Kier molecular flexibility index (Phi) is 2.80. The maximum Gasteiger partial charge on any atom is 0.0873 e. The molecule has 1 aromatic heterocycles. The topological polar surface area (TPSA) is 39.1 Å². The van der Waals surface area contributed by atoms with Crippen LogP contribution in [-0.2, 0) is 11.8 Å². The van der Waals surface area contributed by atoms with Crippen molar-refractivity contribution in [3.05, 3.63) is 18.0 Å². The van der Waals surface area contributed by atoms with Crippen molar-refractivity contribution < 1.29 is 4.74 Å². The molecule has 2 rings (SSSR count). The maximum atomic E-state index is 5.69. The van der Waals surface area contributed by atoms with Gasteiger partial charge in [0.05, 0.1) is 17.8 Å². The molecular formula is C11H19N3O. The van der Waals surface area contributed by atoms with Gasteiger partial charge >= 0.3 is 0 Å². The fourth-order valence-corrected chi connectivity index (χ4v) is 2.46. The van der Waals surface area contributed by atoms with Gasteiger partial charge in [0.15, 0.2) is 0 Å². The zero-order valence-electron chi connectivity index (χ0n) is 9.66. The van der Waals surface area contributed by atoms with Crippen LogP contribution in [0.1, 0.15) is 30.9 Å². The monoisotopic (exact) mass is 209 g/mol. The van der Waals surface area contributed by atoms with Crippen molar-refractivity contribution in [3.63, 3.8) is 0 Å². The van der Waals surface area contributed by atoms with Gasteiger partial charge < -0.3 is 10.1 Å². The van der Waals surface area contributed by atoms with Gasteiger partial charge in [-0.05, 0) is 26.3 Å². The van der Waals surface area contributed by atoms with Crippen LogP contribution in [0.5, 0.6) is 0 Å². The number of hydrogen-bond acceptors (Lipinski definition) is 3. The van der Waals surface area contributed by atoms with E-state index in [-0.39, 0.29) is 11.6 Å². The Morgan fingerprint density at radius 3 is 2.67 bits per heavy atom. The molecule has 1 unspecified atom stereocenters. The lowest BCUT2D eigenvalue weighted by molar-refractivity contribution is -0.0983.